The standard InChI is InChI=1S/C31H20I2N2/c1-19-7-11-28-24(15-19)25-16-20(32)9-13-30(25)35(28)23-10-14-31-27(18-23)26-17-21(33)8-12-29(26)34(31)22-5-3-2-4-6-22/h2-18H,1H3. The predicted octanol–water partition coefficient (Wildman–Crippen LogP) is 9.40. The molecule has 0 atom stereocenters. The Morgan fingerprint density at radius 1 is 0.457 bits per heavy atom. The normalized spacial score (nSPS) is 11.9. The van der Waals surface area contributed by atoms with Crippen LogP contribution in [0.15, 0.2) is 103 Å². The number of rotatable bonds is 2. The van der Waals surface area contributed by atoms with Crippen LogP contribution >= 0.6 is 45.2 Å². The van der Waals surface area contributed by atoms with E-state index in [1.165, 1.54) is 67.7 Å². The van der Waals surface area contributed by atoms with E-state index in [0.29, 0.717) is 0 Å². The summed E-state index contributed by atoms with van der Waals surface area (Å²) in [6, 6.07) is 37.9. The van der Waals surface area contributed by atoms with Crippen LogP contribution < -0.4 is 0 Å². The summed E-state index contributed by atoms with van der Waals surface area (Å²) in [5.41, 5.74) is 8.60. The van der Waals surface area contributed by atoms with Gasteiger partial charge in [-0.3, -0.25) is 0 Å². The summed E-state index contributed by atoms with van der Waals surface area (Å²) in [7, 11) is 0. The third-order valence-corrected chi connectivity index (χ3v) is 8.21. The Balaban J connectivity index is 1.59. The number of hydrogen-bond acceptors (Lipinski definition) is 0. The third kappa shape index (κ3) is 3.33. The molecular weight excluding hydrogens is 654 g/mol. The minimum absolute atomic E-state index is 1.18. The zero-order chi connectivity index (χ0) is 23.7. The van der Waals surface area contributed by atoms with E-state index in [1.807, 2.05) is 0 Å². The van der Waals surface area contributed by atoms with Gasteiger partial charge in [0.15, 0.2) is 0 Å². The van der Waals surface area contributed by atoms with Gasteiger partial charge in [-0.15, -0.1) is 0 Å². The number of aryl methyl sites for hydroxylation is 1. The van der Waals surface area contributed by atoms with Gasteiger partial charge in [0.1, 0.15) is 0 Å². The predicted molar refractivity (Wildman–Crippen MR) is 165 cm³/mol. The van der Waals surface area contributed by atoms with Crippen LogP contribution in [0.25, 0.3) is 55.0 Å². The van der Waals surface area contributed by atoms with Crippen LogP contribution in [0.1, 0.15) is 5.56 Å². The van der Waals surface area contributed by atoms with Crippen LogP contribution in [0.2, 0.25) is 0 Å². The molecule has 0 saturated carbocycles. The lowest BCUT2D eigenvalue weighted by Gasteiger charge is -2.10. The van der Waals surface area contributed by atoms with Crippen molar-refractivity contribution in [3.05, 3.63) is 116 Å². The van der Waals surface area contributed by atoms with Gasteiger partial charge in [-0.25, -0.2) is 0 Å². The van der Waals surface area contributed by atoms with Crippen LogP contribution in [0.3, 0.4) is 0 Å². The molecule has 0 saturated heterocycles. The molecular formula is C31H20I2N2. The fourth-order valence-corrected chi connectivity index (χ4v) is 6.35. The monoisotopic (exact) mass is 674 g/mol. The fourth-order valence-electron chi connectivity index (χ4n) is 5.37. The Bertz CT molecular complexity index is 1870. The molecule has 168 valence electrons. The first kappa shape index (κ1) is 21.4. The Morgan fingerprint density at radius 2 is 0.943 bits per heavy atom. The molecule has 2 aromatic heterocycles. The Kier molecular flexibility index (Phi) is 4.96. The molecule has 0 N–H and O–H groups in total. The van der Waals surface area contributed by atoms with Crippen molar-refractivity contribution in [1.29, 1.82) is 0 Å². The molecule has 0 aliphatic heterocycles. The molecule has 0 aliphatic rings. The van der Waals surface area contributed by atoms with Crippen LogP contribution in [-0.2, 0) is 0 Å². The van der Waals surface area contributed by atoms with Crippen molar-refractivity contribution in [2.45, 2.75) is 6.92 Å². The van der Waals surface area contributed by atoms with Gasteiger partial charge in [-0.2, -0.15) is 0 Å². The maximum absolute atomic E-state index is 2.42. The summed E-state index contributed by atoms with van der Waals surface area (Å²) in [4.78, 5) is 0. The second-order valence-corrected chi connectivity index (χ2v) is 11.5. The van der Waals surface area contributed by atoms with Gasteiger partial charge < -0.3 is 9.13 Å². The molecule has 2 heterocycles. The van der Waals surface area contributed by atoms with E-state index >= 15 is 0 Å². The summed E-state index contributed by atoms with van der Waals surface area (Å²) < 4.78 is 7.29. The highest BCUT2D eigenvalue weighted by atomic mass is 127. The van der Waals surface area contributed by atoms with E-state index in [9.17, 15) is 0 Å². The quantitative estimate of drug-likeness (QED) is 0.162. The van der Waals surface area contributed by atoms with Crippen LogP contribution in [-0.4, -0.2) is 9.13 Å². The smallest absolute Gasteiger partial charge is 0.0542 e. The number of fused-ring (bicyclic) bond motifs is 6. The summed E-state index contributed by atoms with van der Waals surface area (Å²) in [5.74, 6) is 0. The van der Waals surface area contributed by atoms with Crippen molar-refractivity contribution in [2.24, 2.45) is 0 Å². The number of hydrogen-bond donors (Lipinski definition) is 0. The molecule has 2 nitrogen and oxygen atoms in total. The number of halogens is 2. The first-order chi connectivity index (χ1) is 17.1. The van der Waals surface area contributed by atoms with Gasteiger partial charge in [0.2, 0.25) is 0 Å². The van der Waals surface area contributed by atoms with Crippen molar-refractivity contribution in [3.8, 4) is 11.4 Å². The molecule has 0 unspecified atom stereocenters. The maximum atomic E-state index is 2.42. The van der Waals surface area contributed by atoms with Crippen LogP contribution in [0, 0.1) is 14.1 Å². The highest BCUT2D eigenvalue weighted by Gasteiger charge is 2.17. The SMILES string of the molecule is Cc1ccc2c(c1)c1cc(I)ccc1n2-c1ccc2c(c1)c1cc(I)ccc1n2-c1ccccc1. The fraction of sp³-hybridized carbons (Fsp3) is 0.0323. The molecule has 35 heavy (non-hydrogen) atoms. The highest BCUT2D eigenvalue weighted by Crippen LogP contribution is 2.37. The lowest BCUT2D eigenvalue weighted by atomic mass is 10.1. The second-order valence-electron chi connectivity index (χ2n) is 9.05. The largest absolute Gasteiger partial charge is 0.309 e. The third-order valence-electron chi connectivity index (χ3n) is 6.87. The molecule has 0 fully saturated rings. The van der Waals surface area contributed by atoms with Crippen molar-refractivity contribution in [2.75, 3.05) is 0 Å². The lowest BCUT2D eigenvalue weighted by Crippen LogP contribution is -1.95. The second kappa shape index (κ2) is 8.10. The van der Waals surface area contributed by atoms with E-state index in [-0.39, 0.29) is 0 Å². The first-order valence-corrected chi connectivity index (χ1v) is 13.7. The van der Waals surface area contributed by atoms with Gasteiger partial charge in [-0.05, 0) is 131 Å². The summed E-state index contributed by atoms with van der Waals surface area (Å²) in [6.45, 7) is 2.17. The maximum Gasteiger partial charge on any atom is 0.0542 e. The molecule has 0 bridgehead atoms. The topological polar surface area (TPSA) is 9.86 Å². The average Bonchev–Trinajstić information content (AvgIpc) is 3.36. The molecule has 7 rings (SSSR count). The molecule has 4 heteroatoms. The Hall–Kier alpha value is -2.84. The number of benzene rings is 5. The number of nitrogens with zero attached hydrogens (tertiary/aromatic N) is 2. The van der Waals surface area contributed by atoms with E-state index in [2.05, 4.69) is 164 Å². The lowest BCUT2D eigenvalue weighted by molar-refractivity contribution is 1.16. The first-order valence-electron chi connectivity index (χ1n) is 11.6. The van der Waals surface area contributed by atoms with Gasteiger partial charge in [0.05, 0.1) is 22.1 Å². The van der Waals surface area contributed by atoms with E-state index in [1.54, 1.807) is 0 Å². The van der Waals surface area contributed by atoms with Crippen LogP contribution in [0.5, 0.6) is 0 Å². The minimum Gasteiger partial charge on any atom is -0.309 e. The van der Waals surface area contributed by atoms with Gasteiger partial charge >= 0.3 is 0 Å². The van der Waals surface area contributed by atoms with Crippen LogP contribution in [0.4, 0.5) is 0 Å². The Labute approximate surface area is 230 Å². The molecule has 0 spiro atoms. The van der Waals surface area contributed by atoms with Gasteiger partial charge in [-0.1, -0.05) is 29.8 Å². The number of para-hydroxylation sites is 1. The molecule has 5 aromatic carbocycles. The zero-order valence-electron chi connectivity index (χ0n) is 19.0. The minimum atomic E-state index is 1.18. The summed E-state index contributed by atoms with van der Waals surface area (Å²) >= 11 is 4.83. The zero-order valence-corrected chi connectivity index (χ0v) is 23.3. The van der Waals surface area contributed by atoms with Crippen molar-refractivity contribution in [1.82, 2.24) is 9.13 Å². The molecule has 0 amide bonds. The Morgan fingerprint density at radius 3 is 1.57 bits per heavy atom. The van der Waals surface area contributed by atoms with E-state index in [4.69, 9.17) is 0 Å². The molecule has 7 aromatic rings. The van der Waals surface area contributed by atoms with E-state index < -0.39 is 0 Å². The van der Waals surface area contributed by atoms with Crippen molar-refractivity contribution in [3.63, 3.8) is 0 Å². The van der Waals surface area contributed by atoms with Crippen molar-refractivity contribution < 1.29 is 0 Å². The van der Waals surface area contributed by atoms with Crippen molar-refractivity contribution >= 4 is 88.8 Å². The highest BCUT2D eigenvalue weighted by molar-refractivity contribution is 14.1. The number of aromatic nitrogens is 2. The van der Waals surface area contributed by atoms with Gasteiger partial charge in [0, 0.05) is 40.1 Å². The summed E-state index contributed by atoms with van der Waals surface area (Å²) in [6.07, 6.45) is 0. The van der Waals surface area contributed by atoms with E-state index in [0.717, 1.165) is 0 Å². The average molecular weight is 674 g/mol. The summed E-state index contributed by atoms with van der Waals surface area (Å²) in [5, 5.41) is 5.16. The van der Waals surface area contributed by atoms with Gasteiger partial charge in [0.25, 0.3) is 0 Å². The molecule has 0 radical (unpaired) electrons. The molecule has 0 aliphatic carbocycles.